The summed E-state index contributed by atoms with van der Waals surface area (Å²) in [6.45, 7) is 11.1. The van der Waals surface area contributed by atoms with Crippen molar-refractivity contribution in [3.05, 3.63) is 29.8 Å². The van der Waals surface area contributed by atoms with Crippen LogP contribution in [-0.2, 0) is 10.0 Å². The second-order valence-electron chi connectivity index (χ2n) is 9.20. The summed E-state index contributed by atoms with van der Waals surface area (Å²) in [4.78, 5) is 2.81. The van der Waals surface area contributed by atoms with Crippen LogP contribution in [0, 0.1) is 29.6 Å². The summed E-state index contributed by atoms with van der Waals surface area (Å²) in [6.07, 6.45) is 5.79. The zero-order valence-corrected chi connectivity index (χ0v) is 17.5. The van der Waals surface area contributed by atoms with Crippen molar-refractivity contribution in [3.63, 3.8) is 0 Å². The number of hydrazone groups is 1. The minimum absolute atomic E-state index is 0.0186. The Balaban J connectivity index is 1.92. The summed E-state index contributed by atoms with van der Waals surface area (Å²) in [5, 5.41) is 4.54. The van der Waals surface area contributed by atoms with E-state index in [0.29, 0.717) is 11.8 Å². The molecule has 2 saturated carbocycles. The van der Waals surface area contributed by atoms with E-state index in [1.807, 2.05) is 19.1 Å². The van der Waals surface area contributed by atoms with Gasteiger partial charge in [0.2, 0.25) is 0 Å². The Morgan fingerprint density at radius 1 is 1.08 bits per heavy atom. The van der Waals surface area contributed by atoms with Gasteiger partial charge in [0.25, 0.3) is 10.0 Å². The molecule has 1 aromatic rings. The monoisotopic (exact) mass is 376 g/mol. The molecule has 0 bridgehead atoms. The van der Waals surface area contributed by atoms with Gasteiger partial charge in [-0.15, -0.1) is 0 Å². The maximum Gasteiger partial charge on any atom is 0.276 e. The van der Waals surface area contributed by atoms with Gasteiger partial charge in [-0.05, 0) is 62.0 Å². The molecule has 144 valence electrons. The van der Waals surface area contributed by atoms with E-state index in [1.165, 1.54) is 19.3 Å². The quantitative estimate of drug-likeness (QED) is 0.763. The van der Waals surface area contributed by atoms with Crippen LogP contribution in [0.3, 0.4) is 0 Å². The molecule has 0 radical (unpaired) electrons. The largest absolute Gasteiger partial charge is 0.276 e. The molecule has 0 aromatic heterocycles. The fourth-order valence-corrected chi connectivity index (χ4v) is 6.19. The minimum atomic E-state index is -3.63. The molecule has 0 spiro atoms. The minimum Gasteiger partial charge on any atom is -0.200 e. The van der Waals surface area contributed by atoms with Crippen molar-refractivity contribution in [2.45, 2.75) is 71.6 Å². The zero-order chi connectivity index (χ0) is 19.2. The molecule has 0 saturated heterocycles. The van der Waals surface area contributed by atoms with E-state index >= 15 is 0 Å². The standard InChI is InChI=1S/C21H32N2O2S/c1-15-7-10-17(11-8-15)26(24,25)23-22-19-16(2)9-12-18-20(3,4)13-6-14-21(18,19)5/h7-8,10-11,16,18,23H,6,9,12-14H2,1-5H3/b22-19-/t16-,18+,21+/m1/s1. The first-order valence-corrected chi connectivity index (χ1v) is 11.2. The van der Waals surface area contributed by atoms with Gasteiger partial charge in [0.15, 0.2) is 0 Å². The van der Waals surface area contributed by atoms with Crippen molar-refractivity contribution in [1.82, 2.24) is 4.83 Å². The Bertz CT molecular complexity index is 796. The zero-order valence-electron chi connectivity index (χ0n) is 16.7. The molecule has 0 aliphatic heterocycles. The number of benzene rings is 1. The van der Waals surface area contributed by atoms with Crippen LogP contribution in [0.25, 0.3) is 0 Å². The van der Waals surface area contributed by atoms with Crippen LogP contribution in [0.15, 0.2) is 34.3 Å². The van der Waals surface area contributed by atoms with Gasteiger partial charge in [0, 0.05) is 11.1 Å². The molecule has 1 aromatic carbocycles. The lowest BCUT2D eigenvalue weighted by Gasteiger charge is -2.55. The molecule has 2 aliphatic rings. The number of rotatable bonds is 3. The molecule has 2 fully saturated rings. The van der Waals surface area contributed by atoms with E-state index in [4.69, 9.17) is 0 Å². The Kier molecular flexibility index (Phi) is 4.97. The SMILES string of the molecule is Cc1ccc(S(=O)(=O)N/N=C2/[C@H](C)CC[C@H]3C(C)(C)CCC[C@]23C)cc1. The summed E-state index contributed by atoms with van der Waals surface area (Å²) in [5.74, 6) is 0.869. The van der Waals surface area contributed by atoms with E-state index in [1.54, 1.807) is 12.1 Å². The number of hydrogen-bond donors (Lipinski definition) is 1. The summed E-state index contributed by atoms with van der Waals surface area (Å²) in [5.41, 5.74) is 2.34. The molecule has 5 heteroatoms. The Labute approximate surface area is 158 Å². The Morgan fingerprint density at radius 3 is 2.38 bits per heavy atom. The van der Waals surface area contributed by atoms with Crippen molar-refractivity contribution in [2.75, 3.05) is 0 Å². The van der Waals surface area contributed by atoms with E-state index in [2.05, 4.69) is 37.6 Å². The molecule has 0 unspecified atom stereocenters. The molecular weight excluding hydrogens is 344 g/mol. The van der Waals surface area contributed by atoms with Crippen molar-refractivity contribution >= 4 is 15.7 Å². The van der Waals surface area contributed by atoms with Crippen molar-refractivity contribution in [1.29, 1.82) is 0 Å². The van der Waals surface area contributed by atoms with Crippen LogP contribution in [-0.4, -0.2) is 14.1 Å². The highest BCUT2D eigenvalue weighted by Crippen LogP contribution is 2.57. The van der Waals surface area contributed by atoms with Crippen molar-refractivity contribution in [3.8, 4) is 0 Å². The summed E-state index contributed by atoms with van der Waals surface area (Å²) < 4.78 is 25.3. The molecule has 4 nitrogen and oxygen atoms in total. The van der Waals surface area contributed by atoms with Gasteiger partial charge in [0.05, 0.1) is 4.90 Å². The normalized spacial score (nSPS) is 32.9. The van der Waals surface area contributed by atoms with Gasteiger partial charge in [-0.3, -0.25) is 0 Å². The van der Waals surface area contributed by atoms with Crippen molar-refractivity contribution in [2.24, 2.45) is 27.8 Å². The van der Waals surface area contributed by atoms with Crippen LogP contribution in [0.5, 0.6) is 0 Å². The molecular formula is C21H32N2O2S. The molecule has 2 aliphatic carbocycles. The lowest BCUT2D eigenvalue weighted by molar-refractivity contribution is 0.0229. The van der Waals surface area contributed by atoms with Gasteiger partial charge in [-0.1, -0.05) is 51.8 Å². The predicted molar refractivity (Wildman–Crippen MR) is 107 cm³/mol. The first-order chi connectivity index (χ1) is 12.1. The lowest BCUT2D eigenvalue weighted by Crippen LogP contribution is -2.52. The van der Waals surface area contributed by atoms with Crippen LogP contribution in [0.2, 0.25) is 0 Å². The fourth-order valence-electron chi connectivity index (χ4n) is 5.37. The Morgan fingerprint density at radius 2 is 1.73 bits per heavy atom. The molecule has 1 N–H and O–H groups in total. The fraction of sp³-hybridized carbons (Fsp3) is 0.667. The third kappa shape index (κ3) is 3.42. The van der Waals surface area contributed by atoms with Gasteiger partial charge in [-0.25, -0.2) is 4.83 Å². The number of nitrogens with zero attached hydrogens (tertiary/aromatic N) is 1. The Hall–Kier alpha value is -1.36. The second kappa shape index (κ2) is 6.66. The van der Waals surface area contributed by atoms with Gasteiger partial charge >= 0.3 is 0 Å². The average molecular weight is 377 g/mol. The first-order valence-electron chi connectivity index (χ1n) is 9.73. The first kappa shape index (κ1) is 19.4. The van der Waals surface area contributed by atoms with E-state index in [-0.39, 0.29) is 15.7 Å². The van der Waals surface area contributed by atoms with Crippen LogP contribution < -0.4 is 4.83 Å². The highest BCUT2D eigenvalue weighted by atomic mass is 32.2. The van der Waals surface area contributed by atoms with Gasteiger partial charge < -0.3 is 0 Å². The van der Waals surface area contributed by atoms with E-state index in [0.717, 1.165) is 24.1 Å². The van der Waals surface area contributed by atoms with Gasteiger partial charge in [-0.2, -0.15) is 13.5 Å². The van der Waals surface area contributed by atoms with E-state index in [9.17, 15) is 8.42 Å². The maximum atomic E-state index is 12.7. The van der Waals surface area contributed by atoms with E-state index < -0.39 is 10.0 Å². The number of sulfonamides is 1. The molecule has 26 heavy (non-hydrogen) atoms. The average Bonchev–Trinajstić information content (AvgIpc) is 2.53. The molecule has 3 atom stereocenters. The van der Waals surface area contributed by atoms with Crippen LogP contribution in [0.1, 0.15) is 65.4 Å². The lowest BCUT2D eigenvalue weighted by atomic mass is 9.49. The topological polar surface area (TPSA) is 58.5 Å². The molecule has 3 rings (SSSR count). The third-order valence-corrected chi connectivity index (χ3v) is 8.01. The van der Waals surface area contributed by atoms with Crippen molar-refractivity contribution < 1.29 is 8.42 Å². The highest BCUT2D eigenvalue weighted by molar-refractivity contribution is 7.89. The third-order valence-electron chi connectivity index (χ3n) is 6.79. The number of nitrogens with one attached hydrogen (secondary N) is 1. The van der Waals surface area contributed by atoms with Crippen LogP contribution in [0.4, 0.5) is 0 Å². The highest BCUT2D eigenvalue weighted by Gasteiger charge is 2.52. The maximum absolute atomic E-state index is 12.7. The molecule has 0 amide bonds. The number of aryl methyl sites for hydroxylation is 1. The summed E-state index contributed by atoms with van der Waals surface area (Å²) >= 11 is 0. The number of fused-ring (bicyclic) bond motifs is 1. The summed E-state index contributed by atoms with van der Waals surface area (Å²) in [6, 6.07) is 6.89. The number of hydrogen-bond acceptors (Lipinski definition) is 3. The van der Waals surface area contributed by atoms with Gasteiger partial charge in [0.1, 0.15) is 0 Å². The summed E-state index contributed by atoms with van der Waals surface area (Å²) in [7, 11) is -3.63. The predicted octanol–water partition coefficient (Wildman–Crippen LogP) is 4.89. The second-order valence-corrected chi connectivity index (χ2v) is 10.9. The van der Waals surface area contributed by atoms with Crippen LogP contribution >= 0.6 is 0 Å². The molecule has 0 heterocycles. The smallest absolute Gasteiger partial charge is 0.200 e.